The lowest BCUT2D eigenvalue weighted by Gasteiger charge is -2.24. The second-order valence-electron chi connectivity index (χ2n) is 3.97. The van der Waals surface area contributed by atoms with Crippen molar-refractivity contribution in [2.75, 3.05) is 13.2 Å². The van der Waals surface area contributed by atoms with Crippen LogP contribution in [0.4, 0.5) is 0 Å². The lowest BCUT2D eigenvalue weighted by molar-refractivity contribution is -0.166. The molecule has 0 atom stereocenters. The normalized spacial score (nSPS) is 10.5. The Morgan fingerprint density at radius 3 is 1.58 bits per heavy atom. The first-order chi connectivity index (χ1) is 9.01. The maximum absolute atomic E-state index is 11.3. The average molecular weight is 272 g/mol. The summed E-state index contributed by atoms with van der Waals surface area (Å²) in [7, 11) is 0. The molecule has 0 radical (unpaired) electrons. The third-order valence-corrected chi connectivity index (χ3v) is 2.79. The third-order valence-electron chi connectivity index (χ3n) is 2.79. The van der Waals surface area contributed by atoms with Crippen LogP contribution in [0.25, 0.3) is 0 Å². The Hall–Kier alpha value is -1.98. The molecule has 0 amide bonds. The highest BCUT2D eigenvalue weighted by Gasteiger charge is 2.45. The van der Waals surface area contributed by atoms with E-state index in [2.05, 4.69) is 13.2 Å². The molecule has 0 spiro atoms. The molecule has 0 aromatic heterocycles. The fourth-order valence-corrected chi connectivity index (χ4v) is 1.73. The van der Waals surface area contributed by atoms with E-state index in [1.54, 1.807) is 0 Å². The Labute approximate surface area is 112 Å². The van der Waals surface area contributed by atoms with Gasteiger partial charge in [0.1, 0.15) is 0 Å². The van der Waals surface area contributed by atoms with E-state index in [1.165, 1.54) is 12.5 Å². The molecule has 0 unspecified atom stereocenters. The lowest BCUT2D eigenvalue weighted by Crippen LogP contribution is -2.39. The second-order valence-corrected chi connectivity index (χ2v) is 3.97. The van der Waals surface area contributed by atoms with Crippen molar-refractivity contribution in [1.29, 1.82) is 0 Å². The van der Waals surface area contributed by atoms with Crippen LogP contribution in [-0.2, 0) is 19.1 Å². The van der Waals surface area contributed by atoms with Crippen LogP contribution in [0.2, 0.25) is 0 Å². The van der Waals surface area contributed by atoms with E-state index in [0.29, 0.717) is 12.8 Å². The minimum atomic E-state index is -1.80. The van der Waals surface area contributed by atoms with Crippen molar-refractivity contribution in [3.05, 3.63) is 25.7 Å². The van der Waals surface area contributed by atoms with Gasteiger partial charge in [0.2, 0.25) is 0 Å². The monoisotopic (exact) mass is 272 g/mol. The Morgan fingerprint density at radius 2 is 1.32 bits per heavy atom. The Balaban J connectivity index is 4.58. The Kier molecular flexibility index (Phi) is 8.08. The number of hydrogen-bond acceptors (Lipinski definition) is 4. The van der Waals surface area contributed by atoms with E-state index in [9.17, 15) is 19.8 Å². The molecule has 0 rings (SSSR count). The first kappa shape index (κ1) is 17.0. The molecule has 0 aromatic carbocycles. The summed E-state index contributed by atoms with van der Waals surface area (Å²) in [6.07, 6.45) is 3.13. The molecule has 108 valence electrons. The molecule has 0 fully saturated rings. The average Bonchev–Trinajstić information content (AvgIpc) is 2.36. The van der Waals surface area contributed by atoms with Crippen molar-refractivity contribution in [3.8, 4) is 0 Å². The molecular formula is C13H20O6. The minimum absolute atomic E-state index is 0.000401. The molecule has 0 saturated heterocycles. The maximum Gasteiger partial charge on any atom is 0.321 e. The first-order valence-corrected chi connectivity index (χ1v) is 5.93. The fraction of sp³-hybridized carbons (Fsp3) is 0.538. The van der Waals surface area contributed by atoms with Crippen LogP contribution in [0.3, 0.4) is 0 Å². The van der Waals surface area contributed by atoms with Gasteiger partial charge >= 0.3 is 11.9 Å². The smallest absolute Gasteiger partial charge is 0.321 e. The maximum atomic E-state index is 11.3. The van der Waals surface area contributed by atoms with Gasteiger partial charge in [0, 0.05) is 0 Å². The standard InChI is InChI=1S/C13H20O6/c1-3-18-9-5-7-13(11(14)15,12(16)17)8-6-10-19-4-2/h3-4H,1-2,5-10H2,(H,14,15)(H,16,17). The predicted octanol–water partition coefficient (Wildman–Crippen LogP) is 2.02. The van der Waals surface area contributed by atoms with E-state index in [0.717, 1.165) is 0 Å². The molecule has 0 aliphatic rings. The van der Waals surface area contributed by atoms with Gasteiger partial charge in [-0.15, -0.1) is 0 Å². The van der Waals surface area contributed by atoms with Gasteiger partial charge in [0.25, 0.3) is 0 Å². The minimum Gasteiger partial charge on any atom is -0.502 e. The number of rotatable bonds is 12. The van der Waals surface area contributed by atoms with Gasteiger partial charge in [-0.3, -0.25) is 9.59 Å². The quantitative estimate of drug-likeness (QED) is 0.321. The van der Waals surface area contributed by atoms with Crippen molar-refractivity contribution in [3.63, 3.8) is 0 Å². The molecule has 0 heterocycles. The topological polar surface area (TPSA) is 93.1 Å². The zero-order chi connectivity index (χ0) is 14.7. The third kappa shape index (κ3) is 5.46. The van der Waals surface area contributed by atoms with Crippen molar-refractivity contribution in [1.82, 2.24) is 0 Å². The van der Waals surface area contributed by atoms with E-state index in [-0.39, 0.29) is 26.1 Å². The van der Waals surface area contributed by atoms with Gasteiger partial charge in [0.15, 0.2) is 5.41 Å². The van der Waals surface area contributed by atoms with Crippen LogP contribution < -0.4 is 0 Å². The van der Waals surface area contributed by atoms with Gasteiger partial charge in [-0.1, -0.05) is 13.2 Å². The van der Waals surface area contributed by atoms with Crippen molar-refractivity contribution < 1.29 is 29.3 Å². The summed E-state index contributed by atoms with van der Waals surface area (Å²) in [6.45, 7) is 7.20. The summed E-state index contributed by atoms with van der Waals surface area (Å²) in [6, 6.07) is 0. The molecule has 6 nitrogen and oxygen atoms in total. The second kappa shape index (κ2) is 9.02. The molecule has 6 heteroatoms. The van der Waals surface area contributed by atoms with Crippen LogP contribution >= 0.6 is 0 Å². The molecule has 0 aliphatic carbocycles. The highest BCUT2D eigenvalue weighted by molar-refractivity contribution is 5.98. The zero-order valence-corrected chi connectivity index (χ0v) is 10.8. The number of aliphatic carboxylic acids is 2. The van der Waals surface area contributed by atoms with E-state index in [1.807, 2.05) is 0 Å². The molecule has 2 N–H and O–H groups in total. The zero-order valence-electron chi connectivity index (χ0n) is 10.8. The molecule has 0 aromatic rings. The van der Waals surface area contributed by atoms with Gasteiger partial charge in [-0.25, -0.2) is 0 Å². The summed E-state index contributed by atoms with van der Waals surface area (Å²) in [5, 5.41) is 18.4. The molecule has 0 aliphatic heterocycles. The highest BCUT2D eigenvalue weighted by Crippen LogP contribution is 2.31. The molecule has 0 bridgehead atoms. The van der Waals surface area contributed by atoms with Crippen molar-refractivity contribution in [2.24, 2.45) is 5.41 Å². The highest BCUT2D eigenvalue weighted by atomic mass is 16.5. The van der Waals surface area contributed by atoms with E-state index < -0.39 is 17.4 Å². The summed E-state index contributed by atoms with van der Waals surface area (Å²) < 4.78 is 9.74. The van der Waals surface area contributed by atoms with Gasteiger partial charge < -0.3 is 19.7 Å². The summed E-state index contributed by atoms with van der Waals surface area (Å²) in [5.41, 5.74) is -1.80. The number of carboxylic acids is 2. The van der Waals surface area contributed by atoms with E-state index in [4.69, 9.17) is 9.47 Å². The SMILES string of the molecule is C=COCCCC(CCCOC=C)(C(=O)O)C(=O)O. The molecule has 0 saturated carbocycles. The fourth-order valence-electron chi connectivity index (χ4n) is 1.73. The lowest BCUT2D eigenvalue weighted by atomic mass is 9.79. The number of ether oxygens (including phenoxy) is 2. The largest absolute Gasteiger partial charge is 0.502 e. The summed E-state index contributed by atoms with van der Waals surface area (Å²) in [5.74, 6) is -2.67. The number of carbonyl (C=O) groups is 2. The van der Waals surface area contributed by atoms with Crippen LogP contribution in [0, 0.1) is 5.41 Å². The van der Waals surface area contributed by atoms with Crippen LogP contribution in [0.5, 0.6) is 0 Å². The first-order valence-electron chi connectivity index (χ1n) is 5.93. The van der Waals surface area contributed by atoms with Crippen molar-refractivity contribution >= 4 is 11.9 Å². The summed E-state index contributed by atoms with van der Waals surface area (Å²) in [4.78, 5) is 22.6. The van der Waals surface area contributed by atoms with Gasteiger partial charge in [-0.05, 0) is 25.7 Å². The van der Waals surface area contributed by atoms with Gasteiger partial charge in [0.05, 0.1) is 25.7 Å². The molecule has 19 heavy (non-hydrogen) atoms. The van der Waals surface area contributed by atoms with Crippen LogP contribution in [0.1, 0.15) is 25.7 Å². The Morgan fingerprint density at radius 1 is 0.947 bits per heavy atom. The summed E-state index contributed by atoms with van der Waals surface area (Å²) >= 11 is 0. The number of carboxylic acid groups (broad SMARTS) is 2. The predicted molar refractivity (Wildman–Crippen MR) is 68.5 cm³/mol. The van der Waals surface area contributed by atoms with Crippen molar-refractivity contribution in [2.45, 2.75) is 25.7 Å². The van der Waals surface area contributed by atoms with Crippen LogP contribution in [-0.4, -0.2) is 35.4 Å². The Bertz CT molecular complexity index is 291. The van der Waals surface area contributed by atoms with E-state index >= 15 is 0 Å². The number of hydrogen-bond donors (Lipinski definition) is 2. The van der Waals surface area contributed by atoms with Crippen LogP contribution in [0.15, 0.2) is 25.7 Å². The van der Waals surface area contributed by atoms with Gasteiger partial charge in [-0.2, -0.15) is 0 Å². The molecular weight excluding hydrogens is 252 g/mol.